The van der Waals surface area contributed by atoms with Crippen molar-refractivity contribution >= 4 is 29.1 Å². The van der Waals surface area contributed by atoms with Gasteiger partial charge in [-0.1, -0.05) is 42.6 Å². The number of rotatable bonds is 5. The van der Waals surface area contributed by atoms with E-state index in [0.29, 0.717) is 34.9 Å². The van der Waals surface area contributed by atoms with Gasteiger partial charge < -0.3 is 10.2 Å². The number of nitrogens with one attached hydrogen (secondary N) is 1. The van der Waals surface area contributed by atoms with Gasteiger partial charge in [-0.25, -0.2) is 4.39 Å². The molecule has 1 N–H and O–H groups in total. The summed E-state index contributed by atoms with van der Waals surface area (Å²) in [7, 11) is 0. The summed E-state index contributed by atoms with van der Waals surface area (Å²) in [4.78, 5) is 30.3. The number of anilines is 1. The number of benzene rings is 2. The van der Waals surface area contributed by atoms with Crippen LogP contribution in [0.4, 0.5) is 10.1 Å². The largest absolute Gasteiger partial charge is 0.339 e. The van der Waals surface area contributed by atoms with Gasteiger partial charge in [0.1, 0.15) is 5.82 Å². The minimum Gasteiger partial charge on any atom is -0.339 e. The summed E-state index contributed by atoms with van der Waals surface area (Å²) in [5.41, 5.74) is 1.57. The van der Waals surface area contributed by atoms with Gasteiger partial charge in [-0.05, 0) is 56.5 Å². The Morgan fingerprint density at radius 2 is 1.73 bits per heavy atom. The molecule has 2 fully saturated rings. The van der Waals surface area contributed by atoms with Crippen molar-refractivity contribution < 1.29 is 14.0 Å². The quantitative estimate of drug-likeness (QED) is 0.639. The zero-order valence-electron chi connectivity index (χ0n) is 18.9. The van der Waals surface area contributed by atoms with E-state index in [1.54, 1.807) is 24.3 Å². The standard InChI is InChI=1S/C26H31ClFN3O2/c27-22-11-7-12-23(28)21(22)18-30-14-8-9-19(17-30)25(32)29-24-13-4-3-10-20(24)26(33)31-15-5-1-2-6-16-31/h3-4,7,10-13,19H,1-2,5-6,8-9,14-18H2,(H,29,32). The first-order valence-electron chi connectivity index (χ1n) is 11.9. The third kappa shape index (κ3) is 5.92. The van der Waals surface area contributed by atoms with Crippen LogP contribution < -0.4 is 5.32 Å². The lowest BCUT2D eigenvalue weighted by Gasteiger charge is -2.32. The third-order valence-corrected chi connectivity index (χ3v) is 6.98. The zero-order chi connectivity index (χ0) is 23.2. The Morgan fingerprint density at radius 1 is 0.970 bits per heavy atom. The average molecular weight is 472 g/mol. The first-order chi connectivity index (χ1) is 16.0. The number of carbonyl (C=O) groups is 2. The zero-order valence-corrected chi connectivity index (χ0v) is 19.6. The van der Waals surface area contributed by atoms with Crippen LogP contribution in [0.1, 0.15) is 54.4 Å². The molecule has 1 atom stereocenters. The summed E-state index contributed by atoms with van der Waals surface area (Å²) < 4.78 is 14.2. The number of carbonyl (C=O) groups excluding carboxylic acids is 2. The molecule has 2 saturated heterocycles. The Hall–Kier alpha value is -2.44. The van der Waals surface area contributed by atoms with Gasteiger partial charge in [0.05, 0.1) is 17.2 Å². The maximum Gasteiger partial charge on any atom is 0.255 e. The Labute approximate surface area is 199 Å². The number of para-hydroxylation sites is 1. The fourth-order valence-electron chi connectivity index (χ4n) is 4.78. The van der Waals surface area contributed by atoms with Crippen molar-refractivity contribution in [3.8, 4) is 0 Å². The Kier molecular flexibility index (Phi) is 7.99. The molecule has 2 aromatic rings. The fourth-order valence-corrected chi connectivity index (χ4v) is 5.00. The topological polar surface area (TPSA) is 52.7 Å². The minimum absolute atomic E-state index is 0.0211. The van der Waals surface area contributed by atoms with Crippen LogP contribution in [-0.4, -0.2) is 47.8 Å². The summed E-state index contributed by atoms with van der Waals surface area (Å²) in [5.74, 6) is -0.677. The van der Waals surface area contributed by atoms with E-state index in [1.807, 2.05) is 17.0 Å². The summed E-state index contributed by atoms with van der Waals surface area (Å²) in [6.45, 7) is 3.21. The van der Waals surface area contributed by atoms with E-state index in [0.717, 1.165) is 58.2 Å². The molecular weight excluding hydrogens is 441 g/mol. The van der Waals surface area contributed by atoms with Gasteiger partial charge in [0.15, 0.2) is 0 Å². The number of amides is 2. The van der Waals surface area contributed by atoms with Crippen LogP contribution in [0.5, 0.6) is 0 Å². The molecule has 2 amide bonds. The van der Waals surface area contributed by atoms with Crippen LogP contribution >= 0.6 is 11.6 Å². The summed E-state index contributed by atoms with van der Waals surface area (Å²) >= 11 is 6.19. The van der Waals surface area contributed by atoms with Crippen LogP contribution in [0.2, 0.25) is 5.02 Å². The molecule has 0 spiro atoms. The van der Waals surface area contributed by atoms with Crippen LogP contribution in [0, 0.1) is 11.7 Å². The van der Waals surface area contributed by atoms with Crippen molar-refractivity contribution in [3.63, 3.8) is 0 Å². The molecule has 176 valence electrons. The van der Waals surface area contributed by atoms with E-state index >= 15 is 0 Å². The second-order valence-corrected chi connectivity index (χ2v) is 9.42. The monoisotopic (exact) mass is 471 g/mol. The molecule has 2 heterocycles. The molecule has 7 heteroatoms. The van der Waals surface area contributed by atoms with Crippen molar-refractivity contribution in [2.75, 3.05) is 31.5 Å². The van der Waals surface area contributed by atoms with E-state index < -0.39 is 0 Å². The second kappa shape index (κ2) is 11.1. The third-order valence-electron chi connectivity index (χ3n) is 6.63. The molecule has 0 aromatic heterocycles. The van der Waals surface area contributed by atoms with Gasteiger partial charge in [-0.15, -0.1) is 0 Å². The summed E-state index contributed by atoms with van der Waals surface area (Å²) in [6, 6.07) is 11.9. The highest BCUT2D eigenvalue weighted by Gasteiger charge is 2.28. The van der Waals surface area contributed by atoms with E-state index in [4.69, 9.17) is 11.6 Å². The van der Waals surface area contributed by atoms with Crippen LogP contribution in [0.15, 0.2) is 42.5 Å². The molecule has 2 aromatic carbocycles. The molecule has 0 bridgehead atoms. The Morgan fingerprint density at radius 3 is 2.48 bits per heavy atom. The van der Waals surface area contributed by atoms with Gasteiger partial charge in [0.2, 0.25) is 5.91 Å². The van der Waals surface area contributed by atoms with Gasteiger partial charge in [0.25, 0.3) is 5.91 Å². The maximum absolute atomic E-state index is 14.2. The number of likely N-dealkylation sites (tertiary alicyclic amines) is 2. The van der Waals surface area contributed by atoms with Crippen molar-refractivity contribution in [1.82, 2.24) is 9.80 Å². The highest BCUT2D eigenvalue weighted by molar-refractivity contribution is 6.31. The predicted molar refractivity (Wildman–Crippen MR) is 129 cm³/mol. The van der Waals surface area contributed by atoms with E-state index in [-0.39, 0.29) is 23.5 Å². The lowest BCUT2D eigenvalue weighted by atomic mass is 9.96. The first kappa shape index (κ1) is 23.7. The van der Waals surface area contributed by atoms with Gasteiger partial charge >= 0.3 is 0 Å². The lowest BCUT2D eigenvalue weighted by molar-refractivity contribution is -0.121. The van der Waals surface area contributed by atoms with Crippen LogP contribution in [0.25, 0.3) is 0 Å². The van der Waals surface area contributed by atoms with Crippen LogP contribution in [0.3, 0.4) is 0 Å². The van der Waals surface area contributed by atoms with E-state index in [9.17, 15) is 14.0 Å². The molecule has 0 aliphatic carbocycles. The van der Waals surface area contributed by atoms with Gasteiger partial charge in [0, 0.05) is 36.8 Å². The lowest BCUT2D eigenvalue weighted by Crippen LogP contribution is -2.40. The number of nitrogens with zero attached hydrogens (tertiary/aromatic N) is 2. The molecule has 1 unspecified atom stereocenters. The number of hydrogen-bond donors (Lipinski definition) is 1. The first-order valence-corrected chi connectivity index (χ1v) is 12.2. The van der Waals surface area contributed by atoms with Crippen molar-refractivity contribution in [2.45, 2.75) is 45.1 Å². The maximum atomic E-state index is 14.2. The molecule has 33 heavy (non-hydrogen) atoms. The molecule has 4 rings (SSSR count). The number of piperidine rings is 1. The van der Waals surface area contributed by atoms with Crippen molar-refractivity contribution in [2.24, 2.45) is 5.92 Å². The summed E-state index contributed by atoms with van der Waals surface area (Å²) in [6.07, 6.45) is 5.94. The van der Waals surface area contributed by atoms with Crippen LogP contribution in [-0.2, 0) is 11.3 Å². The molecule has 5 nitrogen and oxygen atoms in total. The Bertz CT molecular complexity index is 971. The smallest absolute Gasteiger partial charge is 0.255 e. The van der Waals surface area contributed by atoms with E-state index in [2.05, 4.69) is 10.2 Å². The van der Waals surface area contributed by atoms with Crippen molar-refractivity contribution in [3.05, 3.63) is 64.4 Å². The Balaban J connectivity index is 1.42. The normalized spacial score (nSPS) is 19.7. The average Bonchev–Trinajstić information content (AvgIpc) is 3.11. The predicted octanol–water partition coefficient (Wildman–Crippen LogP) is 5.35. The highest BCUT2D eigenvalue weighted by atomic mass is 35.5. The molecular formula is C26H31ClFN3O2. The minimum atomic E-state index is -0.324. The second-order valence-electron chi connectivity index (χ2n) is 9.02. The molecule has 0 radical (unpaired) electrons. The highest BCUT2D eigenvalue weighted by Crippen LogP contribution is 2.26. The SMILES string of the molecule is O=C(Nc1ccccc1C(=O)N1CCCCCC1)C1CCCN(Cc2c(F)cccc2Cl)C1. The van der Waals surface area contributed by atoms with Gasteiger partial charge in [-0.3, -0.25) is 14.5 Å². The van der Waals surface area contributed by atoms with E-state index in [1.165, 1.54) is 6.07 Å². The van der Waals surface area contributed by atoms with Gasteiger partial charge in [-0.2, -0.15) is 0 Å². The molecule has 2 aliphatic rings. The summed E-state index contributed by atoms with van der Waals surface area (Å²) in [5, 5.41) is 3.41. The van der Waals surface area contributed by atoms with Crippen molar-refractivity contribution in [1.29, 1.82) is 0 Å². The molecule has 2 aliphatic heterocycles. The number of hydrogen-bond acceptors (Lipinski definition) is 3. The number of halogens is 2. The molecule has 0 saturated carbocycles. The fraction of sp³-hybridized carbons (Fsp3) is 0.462.